The molecule has 0 radical (unpaired) electrons. The van der Waals surface area contributed by atoms with Crippen LogP contribution in [0.15, 0.2) is 24.3 Å². The topological polar surface area (TPSA) is 29.5 Å². The highest BCUT2D eigenvalue weighted by molar-refractivity contribution is 5.79. The molecule has 3 nitrogen and oxygen atoms in total. The van der Waals surface area contributed by atoms with Crippen LogP contribution in [0.5, 0.6) is 5.75 Å². The van der Waals surface area contributed by atoms with Gasteiger partial charge in [-0.2, -0.15) is 0 Å². The Balaban J connectivity index is 2.80. The van der Waals surface area contributed by atoms with Crippen LogP contribution in [-0.2, 0) is 0 Å². The molecule has 1 aromatic carbocycles. The lowest BCUT2D eigenvalue weighted by molar-refractivity contribution is 0.0800. The van der Waals surface area contributed by atoms with E-state index in [1.165, 1.54) is 0 Å². The molecule has 76 valence electrons. The van der Waals surface area contributed by atoms with E-state index in [4.69, 9.17) is 4.74 Å². The van der Waals surface area contributed by atoms with Gasteiger partial charge in [0, 0.05) is 0 Å². The summed E-state index contributed by atoms with van der Waals surface area (Å²) in [7, 11) is 3.85. The van der Waals surface area contributed by atoms with Crippen LogP contribution in [0.3, 0.4) is 0 Å². The predicted molar refractivity (Wildman–Crippen MR) is 55.6 cm³/mol. The predicted octanol–water partition coefficient (Wildman–Crippen LogP) is 1.79. The van der Waals surface area contributed by atoms with Gasteiger partial charge in [-0.3, -0.25) is 9.69 Å². The Bertz CT molecular complexity index is 310. The van der Waals surface area contributed by atoms with Crippen LogP contribution in [0, 0.1) is 0 Å². The molecule has 0 N–H and O–H groups in total. The number of carbonyl (C=O) groups excluding carboxylic acids is 1. The molecule has 0 spiro atoms. The molecule has 0 aromatic heterocycles. The third kappa shape index (κ3) is 2.57. The zero-order chi connectivity index (χ0) is 10.6. The van der Waals surface area contributed by atoms with Crippen molar-refractivity contribution in [3.8, 4) is 5.75 Å². The lowest BCUT2D eigenvalue weighted by Crippen LogP contribution is -2.30. The first-order valence-corrected chi connectivity index (χ1v) is 4.52. The average Bonchev–Trinajstić information content (AvgIpc) is 2.18. The molecular formula is C11H15NO2. The number of rotatable bonds is 4. The van der Waals surface area contributed by atoms with Crippen molar-refractivity contribution in [3.63, 3.8) is 0 Å². The molecule has 1 rings (SSSR count). The maximum Gasteiger partial charge on any atom is 0.153 e. The quantitative estimate of drug-likeness (QED) is 0.539. The first-order valence-electron chi connectivity index (χ1n) is 4.52. The fraction of sp³-hybridized carbons (Fsp3) is 0.364. The molecule has 0 bridgehead atoms. The second-order valence-electron chi connectivity index (χ2n) is 3.34. The third-order valence-corrected chi connectivity index (χ3v) is 2.07. The van der Waals surface area contributed by atoms with Crippen molar-refractivity contribution in [3.05, 3.63) is 29.8 Å². The van der Waals surface area contributed by atoms with Crippen LogP contribution in [0.4, 0.5) is 0 Å². The van der Waals surface area contributed by atoms with Crippen molar-refractivity contribution in [1.82, 2.24) is 4.90 Å². The standard InChI is InChI=1S/C11H15NO2/c1-9(12(2)3)14-11-7-5-4-6-10(11)8-13/h4-9H,1-3H3. The summed E-state index contributed by atoms with van der Waals surface area (Å²) in [4.78, 5) is 12.6. The molecule has 0 heterocycles. The summed E-state index contributed by atoms with van der Waals surface area (Å²) in [6.07, 6.45) is 0.758. The minimum Gasteiger partial charge on any atom is -0.475 e. The summed E-state index contributed by atoms with van der Waals surface area (Å²) >= 11 is 0. The SMILES string of the molecule is CC(Oc1ccccc1C=O)N(C)C. The average molecular weight is 193 g/mol. The maximum atomic E-state index is 10.7. The monoisotopic (exact) mass is 193 g/mol. The van der Waals surface area contributed by atoms with E-state index >= 15 is 0 Å². The van der Waals surface area contributed by atoms with E-state index in [9.17, 15) is 4.79 Å². The summed E-state index contributed by atoms with van der Waals surface area (Å²) in [5, 5.41) is 0. The smallest absolute Gasteiger partial charge is 0.153 e. The number of nitrogens with zero attached hydrogens (tertiary/aromatic N) is 1. The normalized spacial score (nSPS) is 12.6. The van der Waals surface area contributed by atoms with Crippen molar-refractivity contribution >= 4 is 6.29 Å². The fourth-order valence-electron chi connectivity index (χ4n) is 0.974. The molecule has 1 unspecified atom stereocenters. The number of hydrogen-bond donors (Lipinski definition) is 0. The number of carbonyl (C=O) groups is 1. The van der Waals surface area contributed by atoms with Crippen LogP contribution in [-0.4, -0.2) is 31.5 Å². The van der Waals surface area contributed by atoms with Crippen molar-refractivity contribution in [2.45, 2.75) is 13.2 Å². The number of hydrogen-bond acceptors (Lipinski definition) is 3. The molecule has 0 saturated carbocycles. The van der Waals surface area contributed by atoms with E-state index in [1.54, 1.807) is 12.1 Å². The molecule has 3 heteroatoms. The maximum absolute atomic E-state index is 10.7. The minimum absolute atomic E-state index is 0.0453. The zero-order valence-corrected chi connectivity index (χ0v) is 8.73. The van der Waals surface area contributed by atoms with Gasteiger partial charge >= 0.3 is 0 Å². The van der Waals surface area contributed by atoms with E-state index in [-0.39, 0.29) is 6.23 Å². The largest absolute Gasteiger partial charge is 0.475 e. The van der Waals surface area contributed by atoms with Crippen molar-refractivity contribution in [1.29, 1.82) is 0 Å². The summed E-state index contributed by atoms with van der Waals surface area (Å²) < 4.78 is 5.59. The molecule has 0 amide bonds. The second-order valence-corrected chi connectivity index (χ2v) is 3.34. The molecule has 0 fully saturated rings. The van der Waals surface area contributed by atoms with E-state index in [0.29, 0.717) is 11.3 Å². The number of ether oxygens (including phenoxy) is 1. The number of benzene rings is 1. The molecule has 0 aliphatic rings. The first-order chi connectivity index (χ1) is 6.65. The number of para-hydroxylation sites is 1. The van der Waals surface area contributed by atoms with Gasteiger partial charge < -0.3 is 4.74 Å². The van der Waals surface area contributed by atoms with Crippen LogP contribution in [0.2, 0.25) is 0 Å². The van der Waals surface area contributed by atoms with Gasteiger partial charge in [-0.05, 0) is 33.2 Å². The van der Waals surface area contributed by atoms with Gasteiger partial charge in [0.05, 0.1) is 5.56 Å². The summed E-state index contributed by atoms with van der Waals surface area (Å²) in [6.45, 7) is 1.93. The Morgan fingerprint density at radius 3 is 2.57 bits per heavy atom. The summed E-state index contributed by atoms with van der Waals surface area (Å²) in [5.74, 6) is 0.628. The van der Waals surface area contributed by atoms with Gasteiger partial charge in [0.25, 0.3) is 0 Å². The lowest BCUT2D eigenvalue weighted by Gasteiger charge is -2.21. The van der Waals surface area contributed by atoms with Crippen LogP contribution >= 0.6 is 0 Å². The second kappa shape index (κ2) is 4.77. The molecule has 14 heavy (non-hydrogen) atoms. The zero-order valence-electron chi connectivity index (χ0n) is 8.73. The Hall–Kier alpha value is -1.35. The van der Waals surface area contributed by atoms with Crippen molar-refractivity contribution < 1.29 is 9.53 Å². The van der Waals surface area contributed by atoms with E-state index in [0.717, 1.165) is 6.29 Å². The summed E-state index contributed by atoms with van der Waals surface area (Å²) in [5.41, 5.74) is 0.584. The molecule has 0 aliphatic carbocycles. The van der Waals surface area contributed by atoms with Gasteiger partial charge in [-0.15, -0.1) is 0 Å². The Morgan fingerprint density at radius 2 is 2.00 bits per heavy atom. The molecule has 1 atom stereocenters. The Labute approximate surface area is 84.3 Å². The van der Waals surface area contributed by atoms with Crippen molar-refractivity contribution in [2.75, 3.05) is 14.1 Å². The van der Waals surface area contributed by atoms with Gasteiger partial charge in [0.1, 0.15) is 12.0 Å². The van der Waals surface area contributed by atoms with Crippen LogP contribution in [0.1, 0.15) is 17.3 Å². The minimum atomic E-state index is -0.0453. The van der Waals surface area contributed by atoms with E-state index in [2.05, 4.69) is 0 Å². The Morgan fingerprint density at radius 1 is 1.36 bits per heavy atom. The van der Waals surface area contributed by atoms with Gasteiger partial charge in [-0.1, -0.05) is 12.1 Å². The highest BCUT2D eigenvalue weighted by atomic mass is 16.5. The van der Waals surface area contributed by atoms with Gasteiger partial charge in [0.15, 0.2) is 6.29 Å². The van der Waals surface area contributed by atoms with Crippen LogP contribution < -0.4 is 4.74 Å². The molecule has 0 aliphatic heterocycles. The Kier molecular flexibility index (Phi) is 3.65. The van der Waals surface area contributed by atoms with Gasteiger partial charge in [0.2, 0.25) is 0 Å². The molecule has 0 saturated heterocycles. The van der Waals surface area contributed by atoms with E-state index in [1.807, 2.05) is 38.1 Å². The summed E-state index contributed by atoms with van der Waals surface area (Å²) in [6, 6.07) is 7.20. The fourth-order valence-corrected chi connectivity index (χ4v) is 0.974. The highest BCUT2D eigenvalue weighted by Crippen LogP contribution is 2.17. The molecular weight excluding hydrogens is 178 g/mol. The van der Waals surface area contributed by atoms with Crippen molar-refractivity contribution in [2.24, 2.45) is 0 Å². The van der Waals surface area contributed by atoms with E-state index < -0.39 is 0 Å². The first kappa shape index (κ1) is 10.7. The molecule has 1 aromatic rings. The lowest BCUT2D eigenvalue weighted by atomic mass is 10.2. The van der Waals surface area contributed by atoms with Crippen LogP contribution in [0.25, 0.3) is 0 Å². The van der Waals surface area contributed by atoms with Gasteiger partial charge in [-0.25, -0.2) is 0 Å². The third-order valence-electron chi connectivity index (χ3n) is 2.07. The number of aldehydes is 1. The highest BCUT2D eigenvalue weighted by Gasteiger charge is 2.08.